The van der Waals surface area contributed by atoms with E-state index in [0.29, 0.717) is 24.7 Å². The van der Waals surface area contributed by atoms with Gasteiger partial charge in [0.1, 0.15) is 13.2 Å². The minimum Gasteiger partial charge on any atom is -0.465 e. The van der Waals surface area contributed by atoms with Crippen LogP contribution >= 0.6 is 11.8 Å². The lowest BCUT2D eigenvalue weighted by Crippen LogP contribution is -2.12. The van der Waals surface area contributed by atoms with Crippen LogP contribution in [-0.2, 0) is 19.1 Å². The predicted molar refractivity (Wildman–Crippen MR) is 75.3 cm³/mol. The summed E-state index contributed by atoms with van der Waals surface area (Å²) in [5.41, 5.74) is 0.567. The molecule has 0 aromatic rings. The second-order valence-electron chi connectivity index (χ2n) is 3.97. The van der Waals surface area contributed by atoms with E-state index in [4.69, 9.17) is 20.3 Å². The predicted octanol–water partition coefficient (Wildman–Crippen LogP) is 1.67. The highest BCUT2D eigenvalue weighted by Crippen LogP contribution is 2.01. The van der Waals surface area contributed by atoms with Crippen molar-refractivity contribution in [1.29, 1.82) is 10.8 Å². The van der Waals surface area contributed by atoms with E-state index in [2.05, 4.69) is 0 Å². The number of carbonyl (C=O) groups is 2. The van der Waals surface area contributed by atoms with Crippen LogP contribution in [0.5, 0.6) is 0 Å². The molecule has 0 aliphatic heterocycles. The zero-order valence-electron chi connectivity index (χ0n) is 11.3. The van der Waals surface area contributed by atoms with E-state index in [1.165, 1.54) is 11.8 Å². The lowest BCUT2D eigenvalue weighted by atomic mass is 10.3. The molecule has 0 bridgehead atoms. The molecule has 0 aromatic carbocycles. The number of ether oxygens (including phenoxy) is 2. The van der Waals surface area contributed by atoms with Crippen molar-refractivity contribution in [2.75, 3.05) is 24.7 Å². The van der Waals surface area contributed by atoms with Crippen LogP contribution in [0.1, 0.15) is 26.7 Å². The van der Waals surface area contributed by atoms with Crippen LogP contribution in [0.3, 0.4) is 0 Å². The quantitative estimate of drug-likeness (QED) is 0.362. The highest BCUT2D eigenvalue weighted by atomic mass is 32.2. The van der Waals surface area contributed by atoms with E-state index in [0.717, 1.165) is 0 Å². The van der Waals surface area contributed by atoms with Crippen LogP contribution in [0, 0.1) is 10.8 Å². The largest absolute Gasteiger partial charge is 0.465 e. The molecule has 0 saturated heterocycles. The van der Waals surface area contributed by atoms with Gasteiger partial charge in [-0.15, -0.1) is 0 Å². The molecule has 0 aliphatic rings. The third-order valence-corrected chi connectivity index (χ3v) is 2.71. The lowest BCUT2D eigenvalue weighted by Gasteiger charge is -2.05. The maximum Gasteiger partial charge on any atom is 0.311 e. The SMILES string of the molecule is CC(=N)CC(=O)OCCSCCOC(=O)CC(C)=N. The molecule has 0 fully saturated rings. The monoisotopic (exact) mass is 288 g/mol. The van der Waals surface area contributed by atoms with Crippen LogP contribution in [0.25, 0.3) is 0 Å². The highest BCUT2D eigenvalue weighted by Gasteiger charge is 2.05. The van der Waals surface area contributed by atoms with Gasteiger partial charge in [0.15, 0.2) is 0 Å². The summed E-state index contributed by atoms with van der Waals surface area (Å²) in [5.74, 6) is 0.482. The second-order valence-corrected chi connectivity index (χ2v) is 5.19. The normalized spacial score (nSPS) is 9.79. The molecule has 0 amide bonds. The first-order chi connectivity index (χ1) is 8.91. The smallest absolute Gasteiger partial charge is 0.311 e. The van der Waals surface area contributed by atoms with Gasteiger partial charge in [-0.2, -0.15) is 11.8 Å². The topological polar surface area (TPSA) is 100 Å². The summed E-state index contributed by atoms with van der Waals surface area (Å²) >= 11 is 1.51. The Morgan fingerprint density at radius 3 is 1.58 bits per heavy atom. The summed E-state index contributed by atoms with van der Waals surface area (Å²) in [6.07, 6.45) is 0.0660. The summed E-state index contributed by atoms with van der Waals surface area (Å²) in [6, 6.07) is 0. The zero-order chi connectivity index (χ0) is 14.7. The van der Waals surface area contributed by atoms with Gasteiger partial charge in [-0.1, -0.05) is 0 Å². The van der Waals surface area contributed by atoms with Crippen molar-refractivity contribution in [3.05, 3.63) is 0 Å². The lowest BCUT2D eigenvalue weighted by molar-refractivity contribution is -0.142. The Morgan fingerprint density at radius 1 is 0.895 bits per heavy atom. The number of thioether (sulfide) groups is 1. The number of nitrogens with one attached hydrogen (secondary N) is 2. The summed E-state index contributed by atoms with van der Waals surface area (Å²) < 4.78 is 9.79. The van der Waals surface area contributed by atoms with Crippen molar-refractivity contribution in [3.63, 3.8) is 0 Å². The molecule has 0 saturated carbocycles. The van der Waals surface area contributed by atoms with Crippen molar-refractivity contribution in [2.24, 2.45) is 0 Å². The Balaban J connectivity index is 3.36. The standard InChI is InChI=1S/C12H20N2O4S/c1-9(13)7-11(15)17-3-5-19-6-4-18-12(16)8-10(2)14/h13-14H,3-8H2,1-2H3. The van der Waals surface area contributed by atoms with Gasteiger partial charge in [0.05, 0.1) is 12.8 Å². The molecule has 0 heterocycles. The van der Waals surface area contributed by atoms with E-state index in [-0.39, 0.29) is 36.2 Å². The number of rotatable bonds is 10. The van der Waals surface area contributed by atoms with Crippen molar-refractivity contribution < 1.29 is 19.1 Å². The van der Waals surface area contributed by atoms with Crippen molar-refractivity contribution in [3.8, 4) is 0 Å². The fraction of sp³-hybridized carbons (Fsp3) is 0.667. The molecule has 0 atom stereocenters. The summed E-state index contributed by atoms with van der Waals surface area (Å²) in [7, 11) is 0. The van der Waals surface area contributed by atoms with Gasteiger partial charge in [-0.05, 0) is 13.8 Å². The van der Waals surface area contributed by atoms with Crippen LogP contribution in [0.4, 0.5) is 0 Å². The average Bonchev–Trinajstić information content (AvgIpc) is 2.25. The Bertz CT molecular complexity index is 313. The third-order valence-electron chi connectivity index (χ3n) is 1.80. The number of esters is 2. The summed E-state index contributed by atoms with van der Waals surface area (Å²) in [6.45, 7) is 3.70. The Hall–Kier alpha value is -1.37. The molecule has 0 radical (unpaired) electrons. The van der Waals surface area contributed by atoms with Crippen LogP contribution in [-0.4, -0.2) is 48.1 Å². The summed E-state index contributed by atoms with van der Waals surface area (Å²) in [5, 5.41) is 14.2. The van der Waals surface area contributed by atoms with Gasteiger partial charge in [0.2, 0.25) is 0 Å². The van der Waals surface area contributed by atoms with Crippen LogP contribution < -0.4 is 0 Å². The van der Waals surface area contributed by atoms with Crippen LogP contribution in [0.2, 0.25) is 0 Å². The first-order valence-electron chi connectivity index (χ1n) is 5.89. The third kappa shape index (κ3) is 12.9. The molecule has 7 heteroatoms. The fourth-order valence-corrected chi connectivity index (χ4v) is 1.67. The van der Waals surface area contributed by atoms with Crippen molar-refractivity contribution >= 4 is 35.1 Å². The number of hydrogen-bond donors (Lipinski definition) is 2. The van der Waals surface area contributed by atoms with Gasteiger partial charge >= 0.3 is 11.9 Å². The van der Waals surface area contributed by atoms with Gasteiger partial charge in [0, 0.05) is 22.9 Å². The highest BCUT2D eigenvalue weighted by molar-refractivity contribution is 7.99. The fourth-order valence-electron chi connectivity index (χ4n) is 1.07. The molecular formula is C12H20N2O4S. The summed E-state index contributed by atoms with van der Waals surface area (Å²) in [4.78, 5) is 22.1. The molecule has 0 aliphatic carbocycles. The van der Waals surface area contributed by atoms with Crippen molar-refractivity contribution in [2.45, 2.75) is 26.7 Å². The second kappa shape index (κ2) is 10.5. The molecule has 2 N–H and O–H groups in total. The zero-order valence-corrected chi connectivity index (χ0v) is 12.1. The molecule has 0 spiro atoms. The minimum absolute atomic E-state index is 0.0330. The Kier molecular flexibility index (Phi) is 9.78. The Labute approximate surface area is 117 Å². The maximum absolute atomic E-state index is 11.1. The molecule has 19 heavy (non-hydrogen) atoms. The molecule has 108 valence electrons. The van der Waals surface area contributed by atoms with Gasteiger partial charge < -0.3 is 20.3 Å². The molecular weight excluding hydrogens is 268 g/mol. The first kappa shape index (κ1) is 17.6. The van der Waals surface area contributed by atoms with Crippen LogP contribution in [0.15, 0.2) is 0 Å². The molecule has 0 rings (SSSR count). The first-order valence-corrected chi connectivity index (χ1v) is 7.04. The molecule has 0 unspecified atom stereocenters. The Morgan fingerprint density at radius 2 is 1.26 bits per heavy atom. The van der Waals surface area contributed by atoms with Gasteiger partial charge in [0.25, 0.3) is 0 Å². The average molecular weight is 288 g/mol. The van der Waals surface area contributed by atoms with E-state index in [1.807, 2.05) is 0 Å². The molecule has 0 aromatic heterocycles. The van der Waals surface area contributed by atoms with Gasteiger partial charge in [-0.3, -0.25) is 9.59 Å². The minimum atomic E-state index is -0.388. The van der Waals surface area contributed by atoms with E-state index < -0.39 is 0 Å². The van der Waals surface area contributed by atoms with E-state index in [1.54, 1.807) is 13.8 Å². The molecule has 6 nitrogen and oxygen atoms in total. The van der Waals surface area contributed by atoms with Gasteiger partial charge in [-0.25, -0.2) is 0 Å². The van der Waals surface area contributed by atoms with Crippen molar-refractivity contribution in [1.82, 2.24) is 0 Å². The maximum atomic E-state index is 11.1. The number of carbonyl (C=O) groups excluding carboxylic acids is 2. The van der Waals surface area contributed by atoms with E-state index >= 15 is 0 Å². The number of hydrogen-bond acceptors (Lipinski definition) is 7. The van der Waals surface area contributed by atoms with E-state index in [9.17, 15) is 9.59 Å².